The van der Waals surface area contributed by atoms with Crippen molar-refractivity contribution >= 4 is 0 Å². The number of aliphatic hydroxyl groups excluding tert-OH is 4. The first-order chi connectivity index (χ1) is 9.22. The Hall–Kier alpha value is -0.980. The summed E-state index contributed by atoms with van der Waals surface area (Å²) in [5.41, 5.74) is 1.04. The van der Waals surface area contributed by atoms with Crippen LogP contribution >= 0.6 is 0 Å². The van der Waals surface area contributed by atoms with E-state index in [1.165, 1.54) is 0 Å². The van der Waals surface area contributed by atoms with Crippen molar-refractivity contribution in [2.45, 2.75) is 18.2 Å². The molecule has 6 N–H and O–H groups in total. The maximum atomic E-state index is 10.0. The Labute approximate surface area is 112 Å². The first kappa shape index (κ1) is 14.4. The SMILES string of the molecule is OC[C@H]1[C@@H]([C@@H](O)CO)[C@@H](c2ccccc2)[NH2+][C@H]1CO. The van der Waals surface area contributed by atoms with E-state index in [1.54, 1.807) is 0 Å². The Morgan fingerprint density at radius 2 is 1.74 bits per heavy atom. The molecule has 1 aliphatic rings. The van der Waals surface area contributed by atoms with E-state index in [0.29, 0.717) is 0 Å². The molecule has 0 aromatic heterocycles. The minimum Gasteiger partial charge on any atom is -0.396 e. The normalized spacial score (nSPS) is 32.4. The molecule has 19 heavy (non-hydrogen) atoms. The molecule has 5 atom stereocenters. The van der Waals surface area contributed by atoms with Crippen LogP contribution in [0.2, 0.25) is 0 Å². The third kappa shape index (κ3) is 2.80. The van der Waals surface area contributed by atoms with Gasteiger partial charge in [0.2, 0.25) is 0 Å². The second-order valence-corrected chi connectivity index (χ2v) is 5.15. The number of hydrogen-bond acceptors (Lipinski definition) is 4. The van der Waals surface area contributed by atoms with Crippen LogP contribution in [-0.4, -0.2) is 52.4 Å². The maximum absolute atomic E-state index is 10.0. The highest BCUT2D eigenvalue weighted by Gasteiger charge is 2.49. The summed E-state index contributed by atoms with van der Waals surface area (Å²) in [6, 6.07) is 9.48. The van der Waals surface area contributed by atoms with Gasteiger partial charge in [0.1, 0.15) is 12.1 Å². The molecule has 0 spiro atoms. The van der Waals surface area contributed by atoms with E-state index in [2.05, 4.69) is 0 Å². The molecule has 0 bridgehead atoms. The van der Waals surface area contributed by atoms with E-state index in [9.17, 15) is 20.4 Å². The summed E-state index contributed by atoms with van der Waals surface area (Å²) in [5, 5.41) is 40.2. The Morgan fingerprint density at radius 3 is 2.26 bits per heavy atom. The van der Waals surface area contributed by atoms with Crippen LogP contribution in [0, 0.1) is 11.8 Å². The van der Waals surface area contributed by atoms with Gasteiger partial charge >= 0.3 is 0 Å². The van der Waals surface area contributed by atoms with Crippen LogP contribution in [0.15, 0.2) is 30.3 Å². The molecule has 0 unspecified atom stereocenters. The molecule has 2 rings (SSSR count). The zero-order chi connectivity index (χ0) is 13.8. The molecular formula is C14H22NO4+. The van der Waals surface area contributed by atoms with Gasteiger partial charge in [0.15, 0.2) is 0 Å². The van der Waals surface area contributed by atoms with Crippen LogP contribution in [0.4, 0.5) is 0 Å². The van der Waals surface area contributed by atoms with Crippen molar-refractivity contribution in [3.63, 3.8) is 0 Å². The molecule has 1 saturated heterocycles. The second kappa shape index (κ2) is 6.45. The van der Waals surface area contributed by atoms with E-state index in [1.807, 2.05) is 35.6 Å². The van der Waals surface area contributed by atoms with Crippen molar-refractivity contribution in [1.82, 2.24) is 0 Å². The van der Waals surface area contributed by atoms with E-state index in [-0.39, 0.29) is 43.7 Å². The third-order valence-electron chi connectivity index (χ3n) is 4.15. The van der Waals surface area contributed by atoms with Gasteiger partial charge in [-0.25, -0.2) is 0 Å². The number of aliphatic hydroxyl groups is 4. The lowest BCUT2D eigenvalue weighted by atomic mass is 9.81. The van der Waals surface area contributed by atoms with Crippen LogP contribution in [0.3, 0.4) is 0 Å². The highest BCUT2D eigenvalue weighted by atomic mass is 16.3. The summed E-state index contributed by atoms with van der Waals surface area (Å²) in [4.78, 5) is 0. The molecule has 5 heteroatoms. The van der Waals surface area contributed by atoms with E-state index in [4.69, 9.17) is 0 Å². The highest BCUT2D eigenvalue weighted by Crippen LogP contribution is 2.34. The minimum absolute atomic E-state index is 0.0524. The molecule has 1 heterocycles. The molecule has 1 fully saturated rings. The summed E-state index contributed by atoms with van der Waals surface area (Å²) in [6.45, 7) is -0.494. The van der Waals surface area contributed by atoms with Gasteiger partial charge in [0.25, 0.3) is 0 Å². The van der Waals surface area contributed by atoms with Crippen LogP contribution < -0.4 is 5.32 Å². The molecule has 0 amide bonds. The fourth-order valence-electron chi connectivity index (χ4n) is 3.20. The summed E-state index contributed by atoms with van der Waals surface area (Å²) >= 11 is 0. The topological polar surface area (TPSA) is 97.5 Å². The molecule has 106 valence electrons. The molecule has 0 saturated carbocycles. The van der Waals surface area contributed by atoms with Crippen LogP contribution in [0.1, 0.15) is 11.6 Å². The minimum atomic E-state index is -0.893. The molecule has 5 nitrogen and oxygen atoms in total. The number of benzene rings is 1. The fraction of sp³-hybridized carbons (Fsp3) is 0.571. The van der Waals surface area contributed by atoms with Crippen LogP contribution in [0.5, 0.6) is 0 Å². The largest absolute Gasteiger partial charge is 0.396 e. The van der Waals surface area contributed by atoms with Crippen molar-refractivity contribution in [1.29, 1.82) is 0 Å². The summed E-state index contributed by atoms with van der Waals surface area (Å²) in [6.07, 6.45) is -0.893. The number of nitrogens with two attached hydrogens (primary N) is 1. The Balaban J connectivity index is 2.30. The molecule has 0 radical (unpaired) electrons. The predicted octanol–water partition coefficient (Wildman–Crippen LogP) is -1.76. The van der Waals surface area contributed by atoms with E-state index >= 15 is 0 Å². The van der Waals surface area contributed by atoms with Gasteiger partial charge in [-0.15, -0.1) is 0 Å². The molecule has 1 aliphatic heterocycles. The number of quaternary nitrogens is 1. The lowest BCUT2D eigenvalue weighted by Gasteiger charge is -2.24. The van der Waals surface area contributed by atoms with Gasteiger partial charge in [-0.3, -0.25) is 0 Å². The molecular weight excluding hydrogens is 246 g/mol. The zero-order valence-electron chi connectivity index (χ0n) is 10.8. The van der Waals surface area contributed by atoms with Crippen LogP contribution in [-0.2, 0) is 0 Å². The lowest BCUT2D eigenvalue weighted by Crippen LogP contribution is -2.89. The maximum Gasteiger partial charge on any atom is 0.118 e. The third-order valence-corrected chi connectivity index (χ3v) is 4.15. The molecule has 1 aromatic carbocycles. The van der Waals surface area contributed by atoms with Crippen molar-refractivity contribution in [3.05, 3.63) is 35.9 Å². The average Bonchev–Trinajstić information content (AvgIpc) is 2.85. The van der Waals surface area contributed by atoms with Crippen molar-refractivity contribution < 1.29 is 25.7 Å². The average molecular weight is 268 g/mol. The number of rotatable bonds is 5. The van der Waals surface area contributed by atoms with Crippen LogP contribution in [0.25, 0.3) is 0 Å². The highest BCUT2D eigenvalue weighted by molar-refractivity contribution is 5.19. The standard InChI is InChI=1S/C14H21NO4/c16-6-10-11(7-17)15-14(13(10)12(19)8-18)9-4-2-1-3-5-9/h1-5,10-19H,6-8H2/p+1/t10-,11+,12+,13+,14-/m1/s1. The quantitative estimate of drug-likeness (QED) is 0.437. The van der Waals surface area contributed by atoms with Crippen molar-refractivity contribution in [2.75, 3.05) is 19.8 Å². The molecule has 0 aliphatic carbocycles. The van der Waals surface area contributed by atoms with E-state index in [0.717, 1.165) is 5.56 Å². The van der Waals surface area contributed by atoms with Gasteiger partial charge in [0.05, 0.1) is 31.8 Å². The van der Waals surface area contributed by atoms with Gasteiger partial charge in [0, 0.05) is 11.5 Å². The van der Waals surface area contributed by atoms with Gasteiger partial charge in [-0.1, -0.05) is 30.3 Å². The Morgan fingerprint density at radius 1 is 1.05 bits per heavy atom. The van der Waals surface area contributed by atoms with Gasteiger partial charge in [-0.2, -0.15) is 0 Å². The first-order valence-corrected chi connectivity index (χ1v) is 6.63. The smallest absolute Gasteiger partial charge is 0.118 e. The summed E-state index contributed by atoms with van der Waals surface area (Å²) in [7, 11) is 0. The number of hydrogen-bond donors (Lipinski definition) is 5. The lowest BCUT2D eigenvalue weighted by molar-refractivity contribution is -0.714. The van der Waals surface area contributed by atoms with E-state index < -0.39 is 6.10 Å². The van der Waals surface area contributed by atoms with Crippen molar-refractivity contribution in [2.24, 2.45) is 11.8 Å². The summed E-state index contributed by atoms with van der Waals surface area (Å²) < 4.78 is 0. The predicted molar refractivity (Wildman–Crippen MR) is 69.1 cm³/mol. The zero-order valence-corrected chi connectivity index (χ0v) is 10.8. The second-order valence-electron chi connectivity index (χ2n) is 5.15. The Kier molecular flexibility index (Phi) is 4.90. The first-order valence-electron chi connectivity index (χ1n) is 6.63. The van der Waals surface area contributed by atoms with Gasteiger partial charge < -0.3 is 25.7 Å². The molecule has 1 aromatic rings. The van der Waals surface area contributed by atoms with Crippen molar-refractivity contribution in [3.8, 4) is 0 Å². The summed E-state index contributed by atoms with van der Waals surface area (Å²) in [5.74, 6) is -0.494. The van der Waals surface area contributed by atoms with Gasteiger partial charge in [-0.05, 0) is 0 Å². The Bertz CT molecular complexity index is 386. The monoisotopic (exact) mass is 268 g/mol. The fourth-order valence-corrected chi connectivity index (χ4v) is 3.20.